The number of hydrogen-bond donors (Lipinski definition) is 0. The van der Waals surface area contributed by atoms with E-state index in [-0.39, 0.29) is 5.91 Å². The maximum absolute atomic E-state index is 12.4. The highest BCUT2D eigenvalue weighted by Gasteiger charge is 2.36. The molecule has 1 saturated carbocycles. The Labute approximate surface area is 133 Å². The van der Waals surface area contributed by atoms with Crippen LogP contribution in [-0.2, 0) is 6.54 Å². The molecule has 1 aliphatic rings. The molecule has 110 valence electrons. The Morgan fingerprint density at radius 2 is 2.14 bits per heavy atom. The van der Waals surface area contributed by atoms with Crippen molar-refractivity contribution in [3.05, 3.63) is 58.0 Å². The second-order valence-corrected chi connectivity index (χ2v) is 6.71. The summed E-state index contributed by atoms with van der Waals surface area (Å²) >= 11 is 3.39. The predicted molar refractivity (Wildman–Crippen MR) is 85.2 cm³/mol. The molecule has 0 N–H and O–H groups in total. The van der Waals surface area contributed by atoms with Crippen LogP contribution in [0.4, 0.5) is 0 Å². The van der Waals surface area contributed by atoms with Crippen molar-refractivity contribution >= 4 is 21.8 Å². The zero-order valence-corrected chi connectivity index (χ0v) is 13.8. The Morgan fingerprint density at radius 1 is 1.38 bits per heavy atom. The van der Waals surface area contributed by atoms with Crippen molar-refractivity contribution in [3.63, 3.8) is 0 Å². The van der Waals surface area contributed by atoms with Gasteiger partial charge in [0, 0.05) is 23.0 Å². The maximum atomic E-state index is 12.4. The Balaban J connectivity index is 1.66. The molecule has 0 radical (unpaired) electrons. The number of carbonyl (C=O) groups is 1. The third kappa shape index (κ3) is 3.21. The minimum absolute atomic E-state index is 0.00552. The third-order valence-corrected chi connectivity index (χ3v) is 4.46. The molecule has 4 heteroatoms. The lowest BCUT2D eigenvalue weighted by Gasteiger charge is -2.16. The molecule has 0 bridgehead atoms. The molecule has 2 aromatic rings. The molecule has 1 aromatic heterocycles. The summed E-state index contributed by atoms with van der Waals surface area (Å²) in [5.74, 6) is 3.19. The summed E-state index contributed by atoms with van der Waals surface area (Å²) in [5.41, 5.74) is 0.675. The number of hydrogen-bond acceptors (Lipinski definition) is 2. The molecule has 0 saturated heterocycles. The lowest BCUT2D eigenvalue weighted by molar-refractivity contribution is 0.0774. The van der Waals surface area contributed by atoms with Gasteiger partial charge in [-0.2, -0.15) is 0 Å². The van der Waals surface area contributed by atoms with E-state index in [0.29, 0.717) is 18.0 Å². The summed E-state index contributed by atoms with van der Waals surface area (Å²) in [6.07, 6.45) is 1.21. The molecular weight excluding hydrogens is 330 g/mol. The minimum atomic E-state index is -0.00552. The van der Waals surface area contributed by atoms with Gasteiger partial charge >= 0.3 is 0 Å². The SMILES string of the molecule is CC1CC1c1ccc(CN(C)C(=O)c2cccc(Br)c2)o1. The molecule has 2 atom stereocenters. The molecule has 3 rings (SSSR count). The van der Waals surface area contributed by atoms with Crippen LogP contribution in [0.15, 0.2) is 45.3 Å². The zero-order chi connectivity index (χ0) is 15.0. The van der Waals surface area contributed by atoms with E-state index < -0.39 is 0 Å². The van der Waals surface area contributed by atoms with Gasteiger partial charge in [0.1, 0.15) is 11.5 Å². The van der Waals surface area contributed by atoms with E-state index in [9.17, 15) is 4.79 Å². The highest BCUT2D eigenvalue weighted by molar-refractivity contribution is 9.10. The Morgan fingerprint density at radius 3 is 2.81 bits per heavy atom. The standard InChI is InChI=1S/C17H18BrNO2/c1-11-8-15(11)16-7-6-14(21-16)10-19(2)17(20)12-4-3-5-13(18)9-12/h3-7,9,11,15H,8,10H2,1-2H3. The first-order chi connectivity index (χ1) is 10.0. The van der Waals surface area contributed by atoms with Gasteiger partial charge in [0.25, 0.3) is 5.91 Å². The first-order valence-electron chi connectivity index (χ1n) is 7.14. The molecule has 1 aromatic carbocycles. The Bertz CT molecular complexity index is 664. The number of amides is 1. The largest absolute Gasteiger partial charge is 0.464 e. The minimum Gasteiger partial charge on any atom is -0.464 e. The van der Waals surface area contributed by atoms with Gasteiger partial charge in [-0.25, -0.2) is 0 Å². The van der Waals surface area contributed by atoms with E-state index in [1.54, 1.807) is 11.9 Å². The Hall–Kier alpha value is -1.55. The van der Waals surface area contributed by atoms with Crippen LogP contribution in [0, 0.1) is 5.92 Å². The van der Waals surface area contributed by atoms with Gasteiger partial charge in [0.05, 0.1) is 6.54 Å². The van der Waals surface area contributed by atoms with Crippen LogP contribution >= 0.6 is 15.9 Å². The van der Waals surface area contributed by atoms with Crippen molar-refractivity contribution in [1.29, 1.82) is 0 Å². The topological polar surface area (TPSA) is 33.5 Å². The van der Waals surface area contributed by atoms with Gasteiger partial charge in [0.15, 0.2) is 0 Å². The van der Waals surface area contributed by atoms with Crippen LogP contribution in [-0.4, -0.2) is 17.9 Å². The summed E-state index contributed by atoms with van der Waals surface area (Å²) in [6.45, 7) is 2.72. The fraction of sp³-hybridized carbons (Fsp3) is 0.353. The summed E-state index contributed by atoms with van der Waals surface area (Å²) in [6, 6.07) is 11.4. The molecule has 21 heavy (non-hydrogen) atoms. The first-order valence-corrected chi connectivity index (χ1v) is 7.93. The smallest absolute Gasteiger partial charge is 0.254 e. The lowest BCUT2D eigenvalue weighted by Crippen LogP contribution is -2.25. The summed E-state index contributed by atoms with van der Waals surface area (Å²) in [7, 11) is 1.80. The molecule has 1 heterocycles. The van der Waals surface area contributed by atoms with Crippen LogP contribution in [0.1, 0.15) is 41.1 Å². The van der Waals surface area contributed by atoms with Crippen LogP contribution in [0.2, 0.25) is 0 Å². The monoisotopic (exact) mass is 347 g/mol. The average molecular weight is 348 g/mol. The molecule has 3 nitrogen and oxygen atoms in total. The lowest BCUT2D eigenvalue weighted by atomic mass is 10.2. The molecule has 0 aliphatic heterocycles. The normalized spacial score (nSPS) is 20.3. The molecule has 0 spiro atoms. The fourth-order valence-corrected chi connectivity index (χ4v) is 2.94. The number of rotatable bonds is 4. The van der Waals surface area contributed by atoms with Crippen molar-refractivity contribution in [3.8, 4) is 0 Å². The second kappa shape index (κ2) is 5.68. The molecule has 1 aliphatic carbocycles. The van der Waals surface area contributed by atoms with Crippen LogP contribution in [0.3, 0.4) is 0 Å². The van der Waals surface area contributed by atoms with Gasteiger partial charge < -0.3 is 9.32 Å². The van der Waals surface area contributed by atoms with Crippen molar-refractivity contribution in [2.75, 3.05) is 7.05 Å². The number of benzene rings is 1. The first kappa shape index (κ1) is 14.4. The van der Waals surface area contributed by atoms with E-state index in [0.717, 1.165) is 21.9 Å². The fourth-order valence-electron chi connectivity index (χ4n) is 2.54. The molecule has 2 unspecified atom stereocenters. The van der Waals surface area contributed by atoms with Crippen molar-refractivity contribution in [1.82, 2.24) is 4.90 Å². The second-order valence-electron chi connectivity index (χ2n) is 5.80. The van der Waals surface area contributed by atoms with Crippen LogP contribution in [0.25, 0.3) is 0 Å². The number of halogens is 1. The van der Waals surface area contributed by atoms with Gasteiger partial charge in [-0.1, -0.05) is 28.9 Å². The summed E-state index contributed by atoms with van der Waals surface area (Å²) in [5, 5.41) is 0. The van der Waals surface area contributed by atoms with E-state index >= 15 is 0 Å². The highest BCUT2D eigenvalue weighted by Crippen LogP contribution is 2.47. The van der Waals surface area contributed by atoms with Gasteiger partial charge in [0.2, 0.25) is 0 Å². The van der Waals surface area contributed by atoms with E-state index in [1.165, 1.54) is 6.42 Å². The third-order valence-electron chi connectivity index (χ3n) is 3.97. The zero-order valence-electron chi connectivity index (χ0n) is 12.2. The molecule has 1 fully saturated rings. The average Bonchev–Trinajstić information content (AvgIpc) is 3.01. The highest BCUT2D eigenvalue weighted by atomic mass is 79.9. The summed E-state index contributed by atoms with van der Waals surface area (Å²) in [4.78, 5) is 14.1. The molecular formula is C17H18BrNO2. The van der Waals surface area contributed by atoms with Gasteiger partial charge in [-0.15, -0.1) is 0 Å². The number of nitrogens with zero attached hydrogens (tertiary/aromatic N) is 1. The van der Waals surface area contributed by atoms with E-state index in [2.05, 4.69) is 22.9 Å². The quantitative estimate of drug-likeness (QED) is 0.819. The van der Waals surface area contributed by atoms with E-state index in [1.807, 2.05) is 36.4 Å². The Kier molecular flexibility index (Phi) is 3.89. The summed E-state index contributed by atoms with van der Waals surface area (Å²) < 4.78 is 6.76. The van der Waals surface area contributed by atoms with Crippen molar-refractivity contribution < 1.29 is 9.21 Å². The van der Waals surface area contributed by atoms with Crippen LogP contribution < -0.4 is 0 Å². The van der Waals surface area contributed by atoms with Gasteiger partial charge in [-0.3, -0.25) is 4.79 Å². The van der Waals surface area contributed by atoms with E-state index in [4.69, 9.17) is 4.42 Å². The number of furan rings is 1. The van der Waals surface area contributed by atoms with Crippen molar-refractivity contribution in [2.24, 2.45) is 5.92 Å². The van der Waals surface area contributed by atoms with Crippen LogP contribution in [0.5, 0.6) is 0 Å². The number of carbonyl (C=O) groups excluding carboxylic acids is 1. The predicted octanol–water partition coefficient (Wildman–Crippen LogP) is 4.44. The van der Waals surface area contributed by atoms with Gasteiger partial charge in [-0.05, 0) is 42.7 Å². The maximum Gasteiger partial charge on any atom is 0.254 e. The van der Waals surface area contributed by atoms with Crippen molar-refractivity contribution in [2.45, 2.75) is 25.8 Å². The molecule has 1 amide bonds.